The highest BCUT2D eigenvalue weighted by atomic mass is 33.1. The molecular formula is C92H115N5O16S2. The zero-order valence-corrected chi connectivity index (χ0v) is 68.4. The second kappa shape index (κ2) is 50.3. The molecule has 0 radical (unpaired) electrons. The first-order valence-electron chi connectivity index (χ1n) is 40.8. The van der Waals surface area contributed by atoms with Crippen LogP contribution in [-0.4, -0.2) is 159 Å². The molecule has 0 bridgehead atoms. The maximum atomic E-state index is 14.3. The molecule has 6 aromatic carbocycles. The summed E-state index contributed by atoms with van der Waals surface area (Å²) in [7, 11) is 3.35. The van der Waals surface area contributed by atoms with Crippen LogP contribution < -0.4 is 25.4 Å². The number of nitrogens with one attached hydrogen (secondary N) is 3. The van der Waals surface area contributed by atoms with Crippen molar-refractivity contribution in [3.63, 3.8) is 0 Å². The lowest BCUT2D eigenvalue weighted by Gasteiger charge is -2.48. The normalized spacial score (nSPS) is 18.9. The second-order valence-corrected chi connectivity index (χ2v) is 32.2. The first kappa shape index (κ1) is 89.0. The van der Waals surface area contributed by atoms with Gasteiger partial charge in [-0.15, -0.1) is 0 Å². The van der Waals surface area contributed by atoms with Crippen molar-refractivity contribution >= 4 is 51.3 Å². The predicted molar refractivity (Wildman–Crippen MR) is 448 cm³/mol. The molecule has 2 amide bonds. The number of ether oxygens (including phenoxy) is 11. The highest BCUT2D eigenvalue weighted by Crippen LogP contribution is 2.46. The largest absolute Gasteiger partial charge is 0.465 e. The summed E-state index contributed by atoms with van der Waals surface area (Å²) in [5.74, 6) is -1.03. The SMILES string of the molecule is CCCCC/C=C\CCCCCC/C=C/CCCC(=O)OCC(C)(C)C(OC1O[C@H]1c1ccccc1OC(=O)c1ccccc1OC(=O)c1cccnc1)C(=O)NCCC(=O)NCCSSCCNC1OC1COCCN1CC(OCc2ccccc2)C(OCc2ccccc2)[C@H](OCc2ccccc2)C1COCc1ccccc1. The summed E-state index contributed by atoms with van der Waals surface area (Å²) in [4.78, 5) is 73.9. The minimum absolute atomic E-state index is 0.00350. The number of carbonyl (C=O) groups is 5. The highest BCUT2D eigenvalue weighted by molar-refractivity contribution is 8.76. The van der Waals surface area contributed by atoms with Crippen LogP contribution in [0.5, 0.6) is 11.5 Å². The van der Waals surface area contributed by atoms with Gasteiger partial charge < -0.3 is 62.7 Å². The molecule has 9 atom stereocenters. The Bertz CT molecular complexity index is 4040. The number of hydrogen-bond acceptors (Lipinski definition) is 21. The molecule has 7 aromatic rings. The number of epoxide rings is 2. The fourth-order valence-corrected chi connectivity index (χ4v) is 15.2. The van der Waals surface area contributed by atoms with E-state index in [1.165, 1.54) is 69.5 Å². The van der Waals surface area contributed by atoms with Crippen molar-refractivity contribution in [2.24, 2.45) is 5.41 Å². The smallest absolute Gasteiger partial charge is 0.347 e. The Morgan fingerprint density at radius 3 is 1.81 bits per heavy atom. The Kier molecular flexibility index (Phi) is 38.9. The van der Waals surface area contributed by atoms with E-state index in [4.69, 9.17) is 52.1 Å². The number of piperidine rings is 1. The van der Waals surface area contributed by atoms with Gasteiger partial charge in [0.25, 0.3) is 0 Å². The standard InChI is InChI=1S/C92H115N5O16S2/c1-4-5-6-7-8-9-10-11-12-13-14-15-16-17-18-31-50-82(99)108-68-92(2,3)86(113-91-83(112-91)74-46-32-34-48-77(74)111-90(102)75-47-33-35-49-78(75)110-89(101)73-45-36-52-93-60-73)87(100)95-53-51-81(98)94-54-58-114-115-59-55-96-88-80(109-88)67-103-57-56-97-61-79(105-63-70-39-25-20-26-40-70)85(107-65-72-43-29-22-30-44-72)84(106-64-71-41-27-21-28-42-71)76(97)66-104-62-69-37-23-19-24-38-69/h8-9,16-17,19-30,32-49,52,60,76,79-80,83-86,88,91,96H,4-7,10-15,18,31,50-51,53-59,61-68H2,1-3H3,(H,94,98)(H,95,100)/b9-8-,17-16+/t76?,79?,80?,83-,84+,85?,86?,88?,91?/m0/s1. The van der Waals surface area contributed by atoms with E-state index in [-0.39, 0.29) is 79.0 Å². The Morgan fingerprint density at radius 2 is 1.16 bits per heavy atom. The third-order valence-electron chi connectivity index (χ3n) is 19.9. The summed E-state index contributed by atoms with van der Waals surface area (Å²) in [5, 5.41) is 9.34. The zero-order valence-electron chi connectivity index (χ0n) is 66.7. The number of aromatic nitrogens is 1. The lowest BCUT2D eigenvalue weighted by Crippen LogP contribution is -2.65. The molecule has 3 saturated heterocycles. The van der Waals surface area contributed by atoms with Gasteiger partial charge in [-0.1, -0.05) is 244 Å². The van der Waals surface area contributed by atoms with Gasteiger partial charge in [-0.05, 0) is 104 Å². The highest BCUT2D eigenvalue weighted by Gasteiger charge is 2.50. The molecule has 10 rings (SSSR count). The summed E-state index contributed by atoms with van der Waals surface area (Å²) in [5.41, 5.74) is 3.87. The first-order chi connectivity index (χ1) is 56.4. The number of nitrogens with zero attached hydrogens (tertiary/aromatic N) is 2. The van der Waals surface area contributed by atoms with Gasteiger partial charge in [0, 0.05) is 80.4 Å². The van der Waals surface area contributed by atoms with Gasteiger partial charge in [0.2, 0.25) is 11.8 Å². The molecule has 0 aliphatic carbocycles. The van der Waals surface area contributed by atoms with E-state index in [0.29, 0.717) is 90.2 Å². The number of likely N-dealkylation sites (tertiary alicyclic amines) is 1. The molecule has 4 heterocycles. The van der Waals surface area contributed by atoms with Crippen molar-refractivity contribution < 1.29 is 76.1 Å². The van der Waals surface area contributed by atoms with Gasteiger partial charge in [0.05, 0.1) is 70.6 Å². The van der Waals surface area contributed by atoms with Gasteiger partial charge in [-0.25, -0.2) is 9.59 Å². The molecule has 616 valence electrons. The Labute approximate surface area is 686 Å². The minimum Gasteiger partial charge on any atom is -0.465 e. The number of amides is 2. The minimum atomic E-state index is -1.22. The number of rotatable bonds is 55. The van der Waals surface area contributed by atoms with Crippen LogP contribution >= 0.6 is 21.6 Å². The van der Waals surface area contributed by atoms with Gasteiger partial charge >= 0.3 is 17.9 Å². The molecule has 3 fully saturated rings. The van der Waals surface area contributed by atoms with Crippen LogP contribution in [0, 0.1) is 5.41 Å². The number of hydrogen-bond donors (Lipinski definition) is 3. The number of allylic oxidation sites excluding steroid dienone is 4. The monoisotopic (exact) mass is 1610 g/mol. The van der Waals surface area contributed by atoms with E-state index >= 15 is 0 Å². The second-order valence-electron chi connectivity index (χ2n) is 29.5. The van der Waals surface area contributed by atoms with Crippen molar-refractivity contribution in [3.05, 3.63) is 258 Å². The predicted octanol–water partition coefficient (Wildman–Crippen LogP) is 16.1. The average Bonchev–Trinajstić information content (AvgIpc) is 1.72. The molecule has 23 heteroatoms. The van der Waals surface area contributed by atoms with Gasteiger partial charge in [0.1, 0.15) is 53.8 Å². The van der Waals surface area contributed by atoms with E-state index in [1.54, 1.807) is 84.0 Å². The molecule has 3 aliphatic heterocycles. The van der Waals surface area contributed by atoms with Gasteiger partial charge in [-0.3, -0.25) is 29.6 Å². The summed E-state index contributed by atoms with van der Waals surface area (Å²) in [6.07, 6.45) is 21.0. The number of unbranched alkanes of at least 4 members (excludes halogenated alkanes) is 9. The molecule has 0 saturated carbocycles. The Morgan fingerprint density at radius 1 is 0.574 bits per heavy atom. The van der Waals surface area contributed by atoms with Crippen molar-refractivity contribution in [1.82, 2.24) is 25.8 Å². The van der Waals surface area contributed by atoms with Crippen molar-refractivity contribution in [2.75, 3.05) is 70.7 Å². The fraction of sp³-hybridized carbons (Fsp3) is 0.457. The van der Waals surface area contributed by atoms with Crippen LogP contribution in [0.2, 0.25) is 0 Å². The number of carbonyl (C=O) groups excluding carboxylic acids is 5. The van der Waals surface area contributed by atoms with E-state index in [0.717, 1.165) is 53.7 Å². The fourth-order valence-electron chi connectivity index (χ4n) is 13.3. The third-order valence-corrected chi connectivity index (χ3v) is 22.3. The van der Waals surface area contributed by atoms with E-state index < -0.39 is 59.9 Å². The summed E-state index contributed by atoms with van der Waals surface area (Å²) in [6, 6.07) is 56.8. The summed E-state index contributed by atoms with van der Waals surface area (Å²) >= 11 is 0. The summed E-state index contributed by atoms with van der Waals surface area (Å²) < 4.78 is 69.6. The lowest BCUT2D eigenvalue weighted by molar-refractivity contribution is -0.211. The Balaban J connectivity index is 0.649. The number of benzene rings is 6. The van der Waals surface area contributed by atoms with Crippen LogP contribution in [-0.2, 0) is 83.4 Å². The maximum Gasteiger partial charge on any atom is 0.347 e. The molecule has 0 spiro atoms. The summed E-state index contributed by atoms with van der Waals surface area (Å²) in [6.45, 7) is 10.9. The lowest BCUT2D eigenvalue weighted by atomic mass is 9.86. The number of pyridine rings is 1. The molecule has 115 heavy (non-hydrogen) atoms. The van der Waals surface area contributed by atoms with Gasteiger partial charge in [-0.2, -0.15) is 0 Å². The van der Waals surface area contributed by atoms with E-state index in [1.807, 2.05) is 72.8 Å². The molecule has 1 aromatic heterocycles. The van der Waals surface area contributed by atoms with E-state index in [2.05, 4.69) is 106 Å². The first-order valence-corrected chi connectivity index (χ1v) is 43.2. The Hall–Kier alpha value is -8.40. The van der Waals surface area contributed by atoms with Gasteiger partial charge in [0.15, 0.2) is 6.29 Å². The topological polar surface area (TPSA) is 246 Å². The maximum absolute atomic E-state index is 14.3. The van der Waals surface area contributed by atoms with Crippen LogP contribution in [0.4, 0.5) is 0 Å². The number of esters is 3. The third kappa shape index (κ3) is 31.9. The molecule has 3 aliphatic rings. The van der Waals surface area contributed by atoms with Crippen LogP contribution in [0.1, 0.15) is 165 Å². The van der Waals surface area contributed by atoms with Crippen LogP contribution in [0.15, 0.2) is 219 Å². The van der Waals surface area contributed by atoms with Crippen LogP contribution in [0.25, 0.3) is 0 Å². The van der Waals surface area contributed by atoms with Crippen molar-refractivity contribution in [3.8, 4) is 11.5 Å². The van der Waals surface area contributed by atoms with Crippen molar-refractivity contribution in [1.29, 1.82) is 0 Å². The van der Waals surface area contributed by atoms with Crippen LogP contribution in [0.3, 0.4) is 0 Å². The number of para-hydroxylation sites is 2. The molecule has 21 nitrogen and oxygen atoms in total. The quantitative estimate of drug-likeness (QED) is 0.00801. The van der Waals surface area contributed by atoms with E-state index in [9.17, 15) is 24.0 Å². The average molecular weight is 1610 g/mol. The zero-order chi connectivity index (χ0) is 80.3. The molecule has 7 unspecified atom stereocenters. The molecule has 3 N–H and O–H groups in total. The molecular weight excluding hydrogens is 1500 g/mol. The van der Waals surface area contributed by atoms with Crippen molar-refractivity contribution in [2.45, 2.75) is 192 Å².